The lowest BCUT2D eigenvalue weighted by molar-refractivity contribution is 0.296. The molecule has 1 aliphatic carbocycles. The second-order valence-electron chi connectivity index (χ2n) is 6.10. The average Bonchev–Trinajstić information content (AvgIpc) is 3.30. The zero-order valence-corrected chi connectivity index (χ0v) is 14.4. The summed E-state index contributed by atoms with van der Waals surface area (Å²) in [6, 6.07) is 4.60. The molecule has 0 bridgehead atoms. The van der Waals surface area contributed by atoms with Crippen molar-refractivity contribution in [1.29, 1.82) is 0 Å². The molecule has 0 radical (unpaired) electrons. The van der Waals surface area contributed by atoms with Gasteiger partial charge in [-0.1, -0.05) is 29.8 Å². The summed E-state index contributed by atoms with van der Waals surface area (Å²) < 4.78 is 12.7. The molecule has 1 N–H and O–H groups in total. The van der Waals surface area contributed by atoms with E-state index in [0.29, 0.717) is 12.0 Å². The van der Waals surface area contributed by atoms with E-state index in [1.54, 1.807) is 0 Å². The van der Waals surface area contributed by atoms with Gasteiger partial charge in [0.05, 0.1) is 13.2 Å². The average molecular weight is 354 g/mol. The molecule has 1 aromatic rings. The van der Waals surface area contributed by atoms with Gasteiger partial charge in [0.15, 0.2) is 11.5 Å². The van der Waals surface area contributed by atoms with Crippen LogP contribution in [0.15, 0.2) is 16.6 Å². The Hall–Kier alpha value is -0.740. The van der Waals surface area contributed by atoms with Gasteiger partial charge < -0.3 is 14.8 Å². The van der Waals surface area contributed by atoms with Gasteiger partial charge in [0.1, 0.15) is 0 Å². The Kier molecular flexibility index (Phi) is 4.75. The minimum atomic E-state index is 0.369. The van der Waals surface area contributed by atoms with E-state index < -0.39 is 0 Å². The van der Waals surface area contributed by atoms with Crippen LogP contribution in [-0.2, 0) is 0 Å². The summed E-state index contributed by atoms with van der Waals surface area (Å²) in [6.45, 7) is 6.97. The van der Waals surface area contributed by atoms with Crippen LogP contribution in [0.2, 0.25) is 0 Å². The van der Waals surface area contributed by atoms with Gasteiger partial charge in [-0.25, -0.2) is 0 Å². The predicted octanol–water partition coefficient (Wildman–Crippen LogP) is 4.31. The van der Waals surface area contributed by atoms with Crippen molar-refractivity contribution in [2.45, 2.75) is 39.2 Å². The number of hydrogen-bond acceptors (Lipinski definition) is 3. The van der Waals surface area contributed by atoms with Gasteiger partial charge in [-0.3, -0.25) is 0 Å². The van der Waals surface area contributed by atoms with Crippen molar-refractivity contribution in [3.63, 3.8) is 0 Å². The van der Waals surface area contributed by atoms with Gasteiger partial charge >= 0.3 is 0 Å². The zero-order valence-electron chi connectivity index (χ0n) is 12.8. The molecule has 4 heteroatoms. The van der Waals surface area contributed by atoms with Crippen molar-refractivity contribution in [2.24, 2.45) is 11.8 Å². The number of ether oxygens (including phenoxy) is 2. The number of benzene rings is 1. The second-order valence-corrected chi connectivity index (χ2v) is 6.96. The summed E-state index contributed by atoms with van der Waals surface area (Å²) in [7, 11) is 0. The van der Waals surface area contributed by atoms with Crippen molar-refractivity contribution in [3.05, 3.63) is 22.2 Å². The van der Waals surface area contributed by atoms with E-state index in [9.17, 15) is 0 Å². The third-order valence-corrected chi connectivity index (χ3v) is 5.20. The maximum absolute atomic E-state index is 5.85. The standard InChI is InChI=1S/C17H24BrNO2/c1-3-19-17(11(2)12-5-6-12)13-9-15-16(10-14(13)18)21-8-4-7-20-15/h9-12,17,19H,3-8H2,1-2H3. The van der Waals surface area contributed by atoms with E-state index >= 15 is 0 Å². The van der Waals surface area contributed by atoms with Crippen LogP contribution in [0.4, 0.5) is 0 Å². The molecule has 1 aromatic carbocycles. The van der Waals surface area contributed by atoms with Gasteiger partial charge in [-0.2, -0.15) is 0 Å². The molecule has 2 atom stereocenters. The molecule has 3 nitrogen and oxygen atoms in total. The van der Waals surface area contributed by atoms with Gasteiger partial charge in [0.2, 0.25) is 0 Å². The monoisotopic (exact) mass is 353 g/mol. The molecule has 0 amide bonds. The van der Waals surface area contributed by atoms with Crippen LogP contribution in [0.3, 0.4) is 0 Å². The second kappa shape index (κ2) is 6.57. The summed E-state index contributed by atoms with van der Waals surface area (Å²) in [5.74, 6) is 3.25. The molecular weight excluding hydrogens is 330 g/mol. The molecule has 2 aliphatic rings. The molecule has 21 heavy (non-hydrogen) atoms. The maximum atomic E-state index is 5.85. The fraction of sp³-hybridized carbons (Fsp3) is 0.647. The zero-order chi connectivity index (χ0) is 14.8. The lowest BCUT2D eigenvalue weighted by Crippen LogP contribution is -2.28. The summed E-state index contributed by atoms with van der Waals surface area (Å²) >= 11 is 3.73. The molecule has 1 heterocycles. The van der Waals surface area contributed by atoms with Crippen LogP contribution in [0.5, 0.6) is 11.5 Å². The van der Waals surface area contributed by atoms with Crippen LogP contribution in [0, 0.1) is 11.8 Å². The quantitative estimate of drug-likeness (QED) is 0.855. The summed E-state index contributed by atoms with van der Waals surface area (Å²) in [6.07, 6.45) is 3.67. The first-order valence-electron chi connectivity index (χ1n) is 8.03. The fourth-order valence-corrected chi connectivity index (χ4v) is 3.70. The molecular formula is C17H24BrNO2. The van der Waals surface area contributed by atoms with Gasteiger partial charge in [-0.05, 0) is 48.9 Å². The van der Waals surface area contributed by atoms with E-state index in [1.807, 2.05) is 0 Å². The highest BCUT2D eigenvalue weighted by Crippen LogP contribution is 2.46. The molecule has 116 valence electrons. The first-order valence-corrected chi connectivity index (χ1v) is 8.82. The first kappa shape index (κ1) is 15.2. The lowest BCUT2D eigenvalue weighted by Gasteiger charge is -2.27. The molecule has 0 saturated heterocycles. The van der Waals surface area contributed by atoms with E-state index in [-0.39, 0.29) is 0 Å². The molecule has 2 unspecified atom stereocenters. The Morgan fingerprint density at radius 2 is 1.90 bits per heavy atom. The molecule has 1 aliphatic heterocycles. The molecule has 0 spiro atoms. The Bertz CT molecular complexity index is 502. The van der Waals surface area contributed by atoms with Crippen molar-refractivity contribution in [3.8, 4) is 11.5 Å². The van der Waals surface area contributed by atoms with E-state index in [2.05, 4.69) is 47.2 Å². The topological polar surface area (TPSA) is 30.5 Å². The number of rotatable bonds is 5. The third kappa shape index (κ3) is 3.37. The Morgan fingerprint density at radius 1 is 1.24 bits per heavy atom. The van der Waals surface area contributed by atoms with E-state index in [0.717, 1.165) is 48.1 Å². The van der Waals surface area contributed by atoms with Crippen molar-refractivity contribution < 1.29 is 9.47 Å². The molecule has 1 saturated carbocycles. The summed E-state index contributed by atoms with van der Waals surface area (Å²) in [4.78, 5) is 0. The Morgan fingerprint density at radius 3 is 2.52 bits per heavy atom. The number of halogens is 1. The Labute approximate surface area is 135 Å². The van der Waals surface area contributed by atoms with Crippen LogP contribution >= 0.6 is 15.9 Å². The van der Waals surface area contributed by atoms with Crippen LogP contribution < -0.4 is 14.8 Å². The molecule has 0 aromatic heterocycles. The highest BCUT2D eigenvalue weighted by Gasteiger charge is 2.35. The maximum Gasteiger partial charge on any atom is 0.162 e. The normalized spacial score (nSPS) is 20.7. The largest absolute Gasteiger partial charge is 0.490 e. The SMILES string of the molecule is CCNC(c1cc2c(cc1Br)OCCCO2)C(C)C1CC1. The minimum absolute atomic E-state index is 0.369. The minimum Gasteiger partial charge on any atom is -0.490 e. The van der Waals surface area contributed by atoms with Crippen LogP contribution in [0.1, 0.15) is 44.7 Å². The fourth-order valence-electron chi connectivity index (χ4n) is 3.13. The van der Waals surface area contributed by atoms with Crippen molar-refractivity contribution in [1.82, 2.24) is 5.32 Å². The Balaban J connectivity index is 1.92. The van der Waals surface area contributed by atoms with Crippen LogP contribution in [0.25, 0.3) is 0 Å². The van der Waals surface area contributed by atoms with Crippen molar-refractivity contribution in [2.75, 3.05) is 19.8 Å². The third-order valence-electron chi connectivity index (χ3n) is 4.52. The summed E-state index contributed by atoms with van der Waals surface area (Å²) in [5.41, 5.74) is 1.29. The number of nitrogens with one attached hydrogen (secondary N) is 1. The van der Waals surface area contributed by atoms with Crippen LogP contribution in [-0.4, -0.2) is 19.8 Å². The summed E-state index contributed by atoms with van der Waals surface area (Å²) in [5, 5.41) is 3.66. The first-order chi connectivity index (χ1) is 10.2. The van der Waals surface area contributed by atoms with Crippen molar-refractivity contribution >= 4 is 15.9 Å². The predicted molar refractivity (Wildman–Crippen MR) is 88.1 cm³/mol. The van der Waals surface area contributed by atoms with Gasteiger partial charge in [0.25, 0.3) is 0 Å². The lowest BCUT2D eigenvalue weighted by atomic mass is 9.90. The number of fused-ring (bicyclic) bond motifs is 1. The highest BCUT2D eigenvalue weighted by molar-refractivity contribution is 9.10. The molecule has 1 fully saturated rings. The van der Waals surface area contributed by atoms with Gasteiger partial charge in [0, 0.05) is 16.9 Å². The van der Waals surface area contributed by atoms with E-state index in [4.69, 9.17) is 9.47 Å². The smallest absolute Gasteiger partial charge is 0.162 e. The van der Waals surface area contributed by atoms with Gasteiger partial charge in [-0.15, -0.1) is 0 Å². The van der Waals surface area contributed by atoms with E-state index in [1.165, 1.54) is 18.4 Å². The molecule has 3 rings (SSSR count). The highest BCUT2D eigenvalue weighted by atomic mass is 79.9. The number of hydrogen-bond donors (Lipinski definition) is 1.